The second kappa shape index (κ2) is 10.0. The molecule has 0 unspecified atom stereocenters. The predicted molar refractivity (Wildman–Crippen MR) is 111 cm³/mol. The summed E-state index contributed by atoms with van der Waals surface area (Å²) in [5, 5.41) is 6.56. The minimum absolute atomic E-state index is 0.0946. The van der Waals surface area contributed by atoms with Gasteiger partial charge in [-0.2, -0.15) is 0 Å². The zero-order valence-corrected chi connectivity index (χ0v) is 16.0. The predicted octanol–water partition coefficient (Wildman–Crippen LogP) is 4.70. The second-order valence-corrected chi connectivity index (χ2v) is 6.34. The van der Waals surface area contributed by atoms with Crippen LogP contribution in [0.3, 0.4) is 0 Å². The number of nitrogens with zero attached hydrogens (tertiary/aromatic N) is 1. The van der Waals surface area contributed by atoms with E-state index in [1.807, 2.05) is 43.3 Å². The largest absolute Gasteiger partial charge is 0.488 e. The Morgan fingerprint density at radius 2 is 1.76 bits per heavy atom. The van der Waals surface area contributed by atoms with Gasteiger partial charge in [0.15, 0.2) is 6.61 Å². The molecule has 0 heterocycles. The van der Waals surface area contributed by atoms with Gasteiger partial charge in [-0.05, 0) is 37.3 Å². The van der Waals surface area contributed by atoms with Crippen molar-refractivity contribution in [2.75, 3.05) is 11.9 Å². The quantitative estimate of drug-likeness (QED) is 0.446. The van der Waals surface area contributed by atoms with E-state index in [1.54, 1.807) is 30.3 Å². The number of aryl methyl sites for hydroxylation is 1. The number of ether oxygens (including phenoxy) is 1. The molecule has 0 atom stereocenters. The summed E-state index contributed by atoms with van der Waals surface area (Å²) in [6.45, 7) is 1.85. The molecule has 0 aromatic heterocycles. The Kier molecular flexibility index (Phi) is 6.95. The molecule has 0 radical (unpaired) electrons. The number of nitrogens with one attached hydrogen (secondary N) is 1. The van der Waals surface area contributed by atoms with Crippen LogP contribution in [0.15, 0.2) is 78.0 Å². The highest BCUT2D eigenvalue weighted by Gasteiger charge is 2.05. The third kappa shape index (κ3) is 6.17. The van der Waals surface area contributed by atoms with E-state index in [0.29, 0.717) is 22.6 Å². The Hall–Kier alpha value is -3.67. The molecular weight excluding hydrogens is 371 g/mol. The number of rotatable bonds is 8. The highest BCUT2D eigenvalue weighted by Crippen LogP contribution is 2.18. The van der Waals surface area contributed by atoms with E-state index >= 15 is 0 Å². The number of oxime groups is 1. The maximum Gasteiger partial charge on any atom is 0.265 e. The third-order valence-corrected chi connectivity index (χ3v) is 4.06. The van der Waals surface area contributed by atoms with Crippen molar-refractivity contribution in [3.05, 3.63) is 95.3 Å². The van der Waals surface area contributed by atoms with Crippen LogP contribution < -0.4 is 10.1 Å². The van der Waals surface area contributed by atoms with Crippen molar-refractivity contribution < 1.29 is 18.8 Å². The van der Waals surface area contributed by atoms with Crippen molar-refractivity contribution in [2.24, 2.45) is 5.16 Å². The maximum absolute atomic E-state index is 13.7. The average molecular weight is 392 g/mol. The van der Waals surface area contributed by atoms with Crippen molar-refractivity contribution in [1.82, 2.24) is 0 Å². The van der Waals surface area contributed by atoms with E-state index in [0.717, 1.165) is 5.56 Å². The lowest BCUT2D eigenvalue weighted by molar-refractivity contribution is -0.120. The van der Waals surface area contributed by atoms with Crippen molar-refractivity contribution in [3.8, 4) is 5.75 Å². The number of carbonyl (C=O) groups is 1. The van der Waals surface area contributed by atoms with Gasteiger partial charge >= 0.3 is 0 Å². The smallest absolute Gasteiger partial charge is 0.265 e. The molecule has 1 N–H and O–H groups in total. The van der Waals surface area contributed by atoms with E-state index in [9.17, 15) is 9.18 Å². The number of anilines is 1. The number of carbonyl (C=O) groups excluding carboxylic acids is 1. The molecule has 0 saturated carbocycles. The van der Waals surface area contributed by atoms with Gasteiger partial charge in [-0.15, -0.1) is 0 Å². The van der Waals surface area contributed by atoms with Gasteiger partial charge < -0.3 is 14.9 Å². The van der Waals surface area contributed by atoms with Crippen LogP contribution in [0.25, 0.3) is 0 Å². The Morgan fingerprint density at radius 1 is 1.03 bits per heavy atom. The first-order chi connectivity index (χ1) is 14.1. The number of benzene rings is 3. The van der Waals surface area contributed by atoms with Crippen LogP contribution in [0.4, 0.5) is 10.1 Å². The molecule has 3 aromatic carbocycles. The molecule has 6 heteroatoms. The van der Waals surface area contributed by atoms with Gasteiger partial charge in [0.25, 0.3) is 5.91 Å². The van der Waals surface area contributed by atoms with Gasteiger partial charge in [-0.1, -0.05) is 53.2 Å². The van der Waals surface area contributed by atoms with Crippen LogP contribution in [0.1, 0.15) is 16.7 Å². The normalized spacial score (nSPS) is 10.7. The van der Waals surface area contributed by atoms with Gasteiger partial charge in [0.2, 0.25) is 0 Å². The summed E-state index contributed by atoms with van der Waals surface area (Å²) >= 11 is 0. The molecule has 0 spiro atoms. The standard InChI is InChI=1S/C23H21FN2O3/c1-17-10-12-20(13-11-17)26-23(27)16-29-25-14-18-6-3-5-9-22(18)28-15-19-7-2-4-8-21(19)24/h2-14H,15-16H2,1H3,(H,26,27). The molecule has 0 aliphatic rings. The molecular formula is C23H21FN2O3. The van der Waals surface area contributed by atoms with Gasteiger partial charge in [-0.3, -0.25) is 4.79 Å². The molecule has 0 aliphatic heterocycles. The second-order valence-electron chi connectivity index (χ2n) is 6.34. The average Bonchev–Trinajstić information content (AvgIpc) is 2.73. The zero-order chi connectivity index (χ0) is 20.5. The number of amides is 1. The van der Waals surface area contributed by atoms with Gasteiger partial charge in [0, 0.05) is 16.8 Å². The highest BCUT2D eigenvalue weighted by atomic mass is 19.1. The van der Waals surface area contributed by atoms with Gasteiger partial charge in [0.1, 0.15) is 18.2 Å². The molecule has 0 saturated heterocycles. The number of hydrogen-bond donors (Lipinski definition) is 1. The van der Waals surface area contributed by atoms with Gasteiger partial charge in [0.05, 0.1) is 6.21 Å². The van der Waals surface area contributed by atoms with Crippen molar-refractivity contribution in [3.63, 3.8) is 0 Å². The third-order valence-electron chi connectivity index (χ3n) is 4.06. The molecule has 3 aromatic rings. The Labute approximate surface area is 168 Å². The van der Waals surface area contributed by atoms with Crippen LogP contribution in [-0.2, 0) is 16.2 Å². The van der Waals surface area contributed by atoms with Crippen LogP contribution in [0, 0.1) is 12.7 Å². The minimum Gasteiger partial charge on any atom is -0.488 e. The van der Waals surface area contributed by atoms with E-state index in [-0.39, 0.29) is 24.9 Å². The summed E-state index contributed by atoms with van der Waals surface area (Å²) in [7, 11) is 0. The molecule has 148 valence electrons. The van der Waals surface area contributed by atoms with E-state index in [4.69, 9.17) is 9.57 Å². The van der Waals surface area contributed by atoms with Gasteiger partial charge in [-0.25, -0.2) is 4.39 Å². The Morgan fingerprint density at radius 3 is 2.55 bits per heavy atom. The van der Waals surface area contributed by atoms with Crippen LogP contribution in [0.2, 0.25) is 0 Å². The fraction of sp³-hybridized carbons (Fsp3) is 0.130. The summed E-state index contributed by atoms with van der Waals surface area (Å²) in [5.41, 5.74) is 2.92. The SMILES string of the molecule is Cc1ccc(NC(=O)CON=Cc2ccccc2OCc2ccccc2F)cc1. The lowest BCUT2D eigenvalue weighted by Crippen LogP contribution is -2.16. The molecule has 29 heavy (non-hydrogen) atoms. The minimum atomic E-state index is -0.318. The van der Waals surface area contributed by atoms with E-state index < -0.39 is 0 Å². The molecule has 1 amide bonds. The monoisotopic (exact) mass is 392 g/mol. The summed E-state index contributed by atoms with van der Waals surface area (Å²) in [4.78, 5) is 17.0. The van der Waals surface area contributed by atoms with E-state index in [2.05, 4.69) is 10.5 Å². The first kappa shape index (κ1) is 20.1. The number of hydrogen-bond acceptors (Lipinski definition) is 4. The van der Waals surface area contributed by atoms with Crippen LogP contribution >= 0.6 is 0 Å². The molecule has 5 nitrogen and oxygen atoms in total. The Bertz CT molecular complexity index is 987. The van der Waals surface area contributed by atoms with E-state index in [1.165, 1.54) is 12.3 Å². The molecule has 0 bridgehead atoms. The first-order valence-corrected chi connectivity index (χ1v) is 9.09. The fourth-order valence-corrected chi connectivity index (χ4v) is 2.51. The lowest BCUT2D eigenvalue weighted by atomic mass is 10.2. The first-order valence-electron chi connectivity index (χ1n) is 9.09. The van der Waals surface area contributed by atoms with Crippen molar-refractivity contribution in [2.45, 2.75) is 13.5 Å². The lowest BCUT2D eigenvalue weighted by Gasteiger charge is -2.09. The molecule has 0 fully saturated rings. The van der Waals surface area contributed by atoms with Crippen LogP contribution in [0.5, 0.6) is 5.75 Å². The Balaban J connectivity index is 1.52. The topological polar surface area (TPSA) is 59.9 Å². The summed E-state index contributed by atoms with van der Waals surface area (Å²) in [5.74, 6) is -0.0936. The van der Waals surface area contributed by atoms with Crippen molar-refractivity contribution in [1.29, 1.82) is 0 Å². The summed E-state index contributed by atoms with van der Waals surface area (Å²) in [6, 6.07) is 21.1. The number of para-hydroxylation sites is 1. The van der Waals surface area contributed by atoms with Crippen molar-refractivity contribution >= 4 is 17.8 Å². The zero-order valence-electron chi connectivity index (χ0n) is 16.0. The molecule has 0 aliphatic carbocycles. The summed E-state index contributed by atoms with van der Waals surface area (Å²) < 4.78 is 19.4. The number of halogens is 1. The highest BCUT2D eigenvalue weighted by molar-refractivity contribution is 5.91. The van der Waals surface area contributed by atoms with Crippen LogP contribution in [-0.4, -0.2) is 18.7 Å². The fourth-order valence-electron chi connectivity index (χ4n) is 2.51. The molecule has 3 rings (SSSR count). The maximum atomic E-state index is 13.7. The summed E-state index contributed by atoms with van der Waals surface area (Å²) in [6.07, 6.45) is 1.45.